The second-order valence-electron chi connectivity index (χ2n) is 5.71. The Morgan fingerprint density at radius 3 is 1.53 bits per heavy atom. The first kappa shape index (κ1) is 17.0. The van der Waals surface area contributed by atoms with E-state index in [4.69, 9.17) is 0 Å². The summed E-state index contributed by atoms with van der Waals surface area (Å²) >= 11 is 0. The second kappa shape index (κ2) is 14.1. The van der Waals surface area contributed by atoms with Gasteiger partial charge in [-0.1, -0.05) is 104 Å². The molecule has 0 aliphatic heterocycles. The highest BCUT2D eigenvalue weighted by Gasteiger charge is 2.06. The molecule has 104 valence electrons. The minimum absolute atomic E-state index is 1.04. The van der Waals surface area contributed by atoms with Crippen molar-refractivity contribution >= 4 is 0 Å². The van der Waals surface area contributed by atoms with Crippen molar-refractivity contribution in [2.45, 2.75) is 104 Å². The summed E-state index contributed by atoms with van der Waals surface area (Å²) in [6.07, 6.45) is 18.8. The lowest BCUT2D eigenvalue weighted by Crippen LogP contribution is -2.00. The summed E-state index contributed by atoms with van der Waals surface area (Å²) < 4.78 is 0. The second-order valence-corrected chi connectivity index (χ2v) is 5.71. The molecular formula is C17H36. The Labute approximate surface area is 111 Å². The van der Waals surface area contributed by atoms with E-state index in [1.807, 2.05) is 0 Å². The number of hydrogen-bond donors (Lipinski definition) is 0. The van der Waals surface area contributed by atoms with E-state index in [-0.39, 0.29) is 0 Å². The first-order chi connectivity index (χ1) is 8.35. The fourth-order valence-electron chi connectivity index (χ4n) is 2.74. The molecule has 0 aliphatic rings. The molecule has 0 aromatic heterocycles. The van der Waals surface area contributed by atoms with Gasteiger partial charge < -0.3 is 0 Å². The van der Waals surface area contributed by atoms with Gasteiger partial charge in [0.05, 0.1) is 0 Å². The minimum Gasteiger partial charge on any atom is -0.0654 e. The molecule has 0 spiro atoms. The van der Waals surface area contributed by atoms with Crippen molar-refractivity contribution in [3.63, 3.8) is 0 Å². The van der Waals surface area contributed by atoms with Crippen LogP contribution in [0.1, 0.15) is 104 Å². The van der Waals surface area contributed by atoms with Crippen LogP contribution >= 0.6 is 0 Å². The molecule has 0 radical (unpaired) electrons. The van der Waals surface area contributed by atoms with Gasteiger partial charge in [-0.3, -0.25) is 0 Å². The summed E-state index contributed by atoms with van der Waals surface area (Å²) in [5.74, 6) is 1.04. The van der Waals surface area contributed by atoms with Gasteiger partial charge in [0.25, 0.3) is 0 Å². The Morgan fingerprint density at radius 1 is 0.471 bits per heavy atom. The monoisotopic (exact) mass is 240 g/mol. The van der Waals surface area contributed by atoms with Gasteiger partial charge in [0, 0.05) is 0 Å². The molecule has 0 fully saturated rings. The first-order valence-electron chi connectivity index (χ1n) is 8.35. The van der Waals surface area contributed by atoms with Crippen LogP contribution in [0.5, 0.6) is 0 Å². The Hall–Kier alpha value is 0. The highest BCUT2D eigenvalue weighted by Crippen LogP contribution is 2.22. The van der Waals surface area contributed by atoms with Gasteiger partial charge in [0.15, 0.2) is 0 Å². The Kier molecular flexibility index (Phi) is 14.1. The van der Waals surface area contributed by atoms with Gasteiger partial charge in [-0.2, -0.15) is 0 Å². The molecule has 0 heteroatoms. The van der Waals surface area contributed by atoms with Crippen LogP contribution in [0.3, 0.4) is 0 Å². The lowest BCUT2D eigenvalue weighted by molar-refractivity contribution is 0.380. The summed E-state index contributed by atoms with van der Waals surface area (Å²) in [6.45, 7) is 6.95. The Balaban J connectivity index is 3.41. The van der Waals surface area contributed by atoms with Crippen LogP contribution in [-0.4, -0.2) is 0 Å². The number of unbranched alkanes of at least 4 members (excludes halogenated alkanes) is 7. The molecule has 0 saturated carbocycles. The fourth-order valence-corrected chi connectivity index (χ4v) is 2.74. The molecular weight excluding hydrogens is 204 g/mol. The van der Waals surface area contributed by atoms with Gasteiger partial charge in [-0.25, -0.2) is 0 Å². The average Bonchev–Trinajstić information content (AvgIpc) is 2.34. The molecule has 17 heavy (non-hydrogen) atoms. The SMILES string of the molecule is CCCCCCCCC(CCC)CCCCC. The van der Waals surface area contributed by atoms with Gasteiger partial charge in [-0.15, -0.1) is 0 Å². The molecule has 0 rings (SSSR count). The first-order valence-corrected chi connectivity index (χ1v) is 8.35. The molecule has 0 bridgehead atoms. The largest absolute Gasteiger partial charge is 0.0654 e. The van der Waals surface area contributed by atoms with Crippen LogP contribution in [0.2, 0.25) is 0 Å². The predicted molar refractivity (Wildman–Crippen MR) is 80.5 cm³/mol. The van der Waals surface area contributed by atoms with Crippen LogP contribution in [0.4, 0.5) is 0 Å². The van der Waals surface area contributed by atoms with E-state index in [9.17, 15) is 0 Å². The highest BCUT2D eigenvalue weighted by atomic mass is 14.1. The maximum atomic E-state index is 2.34. The van der Waals surface area contributed by atoms with Gasteiger partial charge in [0.1, 0.15) is 0 Å². The van der Waals surface area contributed by atoms with E-state index in [0.29, 0.717) is 0 Å². The third-order valence-electron chi connectivity index (χ3n) is 3.88. The topological polar surface area (TPSA) is 0 Å². The molecule has 0 saturated heterocycles. The van der Waals surface area contributed by atoms with Crippen LogP contribution in [-0.2, 0) is 0 Å². The zero-order valence-corrected chi connectivity index (χ0v) is 12.8. The van der Waals surface area contributed by atoms with Crippen molar-refractivity contribution in [2.75, 3.05) is 0 Å². The van der Waals surface area contributed by atoms with Crippen LogP contribution in [0.25, 0.3) is 0 Å². The lowest BCUT2D eigenvalue weighted by atomic mass is 9.91. The molecule has 1 atom stereocenters. The van der Waals surface area contributed by atoms with Crippen LogP contribution in [0, 0.1) is 5.92 Å². The number of hydrogen-bond acceptors (Lipinski definition) is 0. The standard InChI is InChI=1S/C17H36/c1-4-7-9-10-11-13-16-17(14-6-3)15-12-8-5-2/h17H,4-16H2,1-3H3. The molecule has 0 aromatic carbocycles. The van der Waals surface area contributed by atoms with Crippen molar-refractivity contribution in [1.29, 1.82) is 0 Å². The molecule has 0 heterocycles. The van der Waals surface area contributed by atoms with E-state index in [2.05, 4.69) is 20.8 Å². The van der Waals surface area contributed by atoms with Gasteiger partial charge >= 0.3 is 0 Å². The molecule has 0 aliphatic carbocycles. The highest BCUT2D eigenvalue weighted by molar-refractivity contribution is 4.60. The van der Waals surface area contributed by atoms with Gasteiger partial charge in [-0.05, 0) is 5.92 Å². The Morgan fingerprint density at radius 2 is 0.941 bits per heavy atom. The molecule has 0 nitrogen and oxygen atoms in total. The summed E-state index contributed by atoms with van der Waals surface area (Å²) in [7, 11) is 0. The summed E-state index contributed by atoms with van der Waals surface area (Å²) in [4.78, 5) is 0. The average molecular weight is 240 g/mol. The third kappa shape index (κ3) is 12.2. The molecule has 0 aromatic rings. The van der Waals surface area contributed by atoms with E-state index in [0.717, 1.165) is 5.92 Å². The number of rotatable bonds is 13. The minimum atomic E-state index is 1.04. The van der Waals surface area contributed by atoms with E-state index < -0.39 is 0 Å². The zero-order valence-electron chi connectivity index (χ0n) is 12.8. The van der Waals surface area contributed by atoms with Gasteiger partial charge in [0.2, 0.25) is 0 Å². The molecule has 0 N–H and O–H groups in total. The fraction of sp³-hybridized carbons (Fsp3) is 1.00. The van der Waals surface area contributed by atoms with E-state index in [1.165, 1.54) is 83.5 Å². The third-order valence-corrected chi connectivity index (χ3v) is 3.88. The van der Waals surface area contributed by atoms with Crippen molar-refractivity contribution in [3.8, 4) is 0 Å². The smallest absolute Gasteiger partial charge is 0.0414 e. The quantitative estimate of drug-likeness (QED) is 0.313. The lowest BCUT2D eigenvalue weighted by Gasteiger charge is -2.15. The molecule has 1 unspecified atom stereocenters. The van der Waals surface area contributed by atoms with E-state index >= 15 is 0 Å². The maximum Gasteiger partial charge on any atom is -0.0414 e. The molecule has 0 amide bonds. The van der Waals surface area contributed by atoms with Crippen LogP contribution in [0.15, 0.2) is 0 Å². The summed E-state index contributed by atoms with van der Waals surface area (Å²) in [5, 5.41) is 0. The van der Waals surface area contributed by atoms with Crippen molar-refractivity contribution in [1.82, 2.24) is 0 Å². The van der Waals surface area contributed by atoms with E-state index in [1.54, 1.807) is 0 Å². The maximum absolute atomic E-state index is 2.34. The van der Waals surface area contributed by atoms with Crippen molar-refractivity contribution < 1.29 is 0 Å². The Bertz CT molecular complexity index is 128. The van der Waals surface area contributed by atoms with Crippen molar-refractivity contribution in [3.05, 3.63) is 0 Å². The summed E-state index contributed by atoms with van der Waals surface area (Å²) in [6, 6.07) is 0. The zero-order chi connectivity index (χ0) is 12.8. The predicted octanol–water partition coefficient (Wildman–Crippen LogP) is 6.73. The normalized spacial score (nSPS) is 12.9. The summed E-state index contributed by atoms with van der Waals surface area (Å²) in [5.41, 5.74) is 0. The van der Waals surface area contributed by atoms with Crippen LogP contribution < -0.4 is 0 Å². The van der Waals surface area contributed by atoms with Crippen molar-refractivity contribution in [2.24, 2.45) is 5.92 Å².